The Bertz CT molecular complexity index is 1420. The Kier molecular flexibility index (Phi) is 8.39. The molecular weight excluding hydrogens is 496 g/mol. The van der Waals surface area contributed by atoms with Gasteiger partial charge in [0.2, 0.25) is 5.82 Å². The first-order chi connectivity index (χ1) is 18.0. The maximum Gasteiger partial charge on any atom is 0.373 e. The van der Waals surface area contributed by atoms with Crippen LogP contribution in [0.1, 0.15) is 29.8 Å². The van der Waals surface area contributed by atoms with Crippen LogP contribution in [0.25, 0.3) is 0 Å². The third-order valence-corrected chi connectivity index (χ3v) is 5.11. The lowest BCUT2D eigenvalue weighted by Gasteiger charge is -2.19. The summed E-state index contributed by atoms with van der Waals surface area (Å²) in [4.78, 5) is 44.9. The Hall–Kier alpha value is -5.25. The Morgan fingerprint density at radius 3 is 2.34 bits per heavy atom. The van der Waals surface area contributed by atoms with Crippen molar-refractivity contribution in [3.63, 3.8) is 0 Å². The number of aromatic nitrogens is 2. The van der Waals surface area contributed by atoms with Gasteiger partial charge in [0.25, 0.3) is 5.91 Å². The Balaban J connectivity index is 2.14. The number of anilines is 1. The van der Waals surface area contributed by atoms with Crippen LogP contribution in [-0.2, 0) is 4.79 Å². The molecule has 1 unspecified atom stereocenters. The van der Waals surface area contributed by atoms with E-state index >= 15 is 0 Å². The van der Waals surface area contributed by atoms with Crippen LogP contribution in [0.2, 0.25) is 0 Å². The molecule has 2 N–H and O–H groups in total. The number of nitro groups is 1. The van der Waals surface area contributed by atoms with Crippen LogP contribution in [0.3, 0.4) is 0 Å². The van der Waals surface area contributed by atoms with Crippen molar-refractivity contribution in [1.29, 1.82) is 5.26 Å². The maximum atomic E-state index is 12.3. The molecule has 0 aliphatic carbocycles. The average Bonchev–Trinajstić information content (AvgIpc) is 2.86. The molecule has 1 heterocycles. The van der Waals surface area contributed by atoms with E-state index in [0.717, 1.165) is 0 Å². The number of rotatable bonds is 10. The second-order valence-corrected chi connectivity index (χ2v) is 8.54. The lowest BCUT2D eigenvalue weighted by molar-refractivity contribution is -0.385. The fourth-order valence-electron chi connectivity index (χ4n) is 3.25. The van der Waals surface area contributed by atoms with E-state index in [9.17, 15) is 30.1 Å². The number of carbonyl (C=O) groups excluding carboxylic acids is 1. The number of ether oxygens (including phenoxy) is 2. The van der Waals surface area contributed by atoms with Crippen molar-refractivity contribution in [2.45, 2.75) is 19.9 Å². The second-order valence-electron chi connectivity index (χ2n) is 8.54. The van der Waals surface area contributed by atoms with E-state index in [1.165, 1.54) is 41.3 Å². The number of amides is 1. The highest BCUT2D eigenvalue weighted by Gasteiger charge is 2.32. The SMILES string of the molecule is CC(C)C(Nc1nc(Oc2cccc(C(=O)N(C)C)c2)nc(Oc2cccc(C#N)c2)c1[N+](=O)[O-])C(=O)O. The van der Waals surface area contributed by atoms with Crippen molar-refractivity contribution in [2.75, 3.05) is 19.4 Å². The number of hydrogen-bond donors (Lipinski definition) is 2. The van der Waals surface area contributed by atoms with Crippen LogP contribution in [0.5, 0.6) is 23.4 Å². The molecule has 0 radical (unpaired) electrons. The van der Waals surface area contributed by atoms with Gasteiger partial charge in [-0.25, -0.2) is 4.79 Å². The monoisotopic (exact) mass is 520 g/mol. The third kappa shape index (κ3) is 6.49. The summed E-state index contributed by atoms with van der Waals surface area (Å²) >= 11 is 0. The van der Waals surface area contributed by atoms with Gasteiger partial charge in [-0.2, -0.15) is 15.2 Å². The molecule has 1 aromatic heterocycles. The molecule has 0 saturated carbocycles. The van der Waals surface area contributed by atoms with Gasteiger partial charge in [-0.1, -0.05) is 26.0 Å². The zero-order valence-electron chi connectivity index (χ0n) is 20.9. The van der Waals surface area contributed by atoms with Crippen LogP contribution in [0.4, 0.5) is 11.5 Å². The first kappa shape index (κ1) is 27.3. The largest absolute Gasteiger partial charge is 0.480 e. The molecule has 13 nitrogen and oxygen atoms in total. The van der Waals surface area contributed by atoms with Gasteiger partial charge in [0.1, 0.15) is 17.5 Å². The minimum Gasteiger partial charge on any atom is -0.480 e. The Labute approximate surface area is 217 Å². The van der Waals surface area contributed by atoms with E-state index in [0.29, 0.717) is 5.56 Å². The molecule has 38 heavy (non-hydrogen) atoms. The fraction of sp³-hybridized carbons (Fsp3) is 0.240. The minimum atomic E-state index is -1.26. The van der Waals surface area contributed by atoms with Gasteiger partial charge in [0.05, 0.1) is 16.6 Å². The van der Waals surface area contributed by atoms with Crippen molar-refractivity contribution < 1.29 is 29.1 Å². The van der Waals surface area contributed by atoms with Crippen LogP contribution < -0.4 is 14.8 Å². The van der Waals surface area contributed by atoms with Crippen molar-refractivity contribution in [3.8, 4) is 29.5 Å². The van der Waals surface area contributed by atoms with Crippen molar-refractivity contribution in [2.24, 2.45) is 5.92 Å². The topological polar surface area (TPSA) is 181 Å². The molecule has 1 amide bonds. The summed E-state index contributed by atoms with van der Waals surface area (Å²) in [7, 11) is 3.18. The van der Waals surface area contributed by atoms with E-state index in [1.807, 2.05) is 6.07 Å². The zero-order valence-corrected chi connectivity index (χ0v) is 20.9. The molecule has 3 aromatic rings. The molecule has 0 spiro atoms. The predicted molar refractivity (Wildman–Crippen MR) is 134 cm³/mol. The molecule has 0 fully saturated rings. The van der Waals surface area contributed by atoms with E-state index in [2.05, 4.69) is 15.3 Å². The summed E-state index contributed by atoms with van der Waals surface area (Å²) in [5, 5.41) is 33.4. The average molecular weight is 521 g/mol. The smallest absolute Gasteiger partial charge is 0.373 e. The lowest BCUT2D eigenvalue weighted by atomic mass is 10.0. The second kappa shape index (κ2) is 11.7. The molecule has 0 bridgehead atoms. The minimum absolute atomic E-state index is 0.0694. The van der Waals surface area contributed by atoms with Crippen LogP contribution in [0.15, 0.2) is 48.5 Å². The highest BCUT2D eigenvalue weighted by molar-refractivity contribution is 5.94. The van der Waals surface area contributed by atoms with Gasteiger partial charge in [-0.15, -0.1) is 0 Å². The number of hydrogen-bond acceptors (Lipinski definition) is 10. The predicted octanol–water partition coefficient (Wildman–Crippen LogP) is 4.06. The molecule has 3 rings (SSSR count). The van der Waals surface area contributed by atoms with Gasteiger partial charge in [0.15, 0.2) is 0 Å². The summed E-state index contributed by atoms with van der Waals surface area (Å²) < 4.78 is 11.4. The molecule has 13 heteroatoms. The molecule has 196 valence electrons. The summed E-state index contributed by atoms with van der Waals surface area (Å²) in [5.41, 5.74) is -0.186. The van der Waals surface area contributed by atoms with Gasteiger partial charge >= 0.3 is 23.5 Å². The standard InChI is InChI=1S/C25H24N6O7/c1-14(2)19(24(33)34)27-21-20(31(35)36)22(37-17-9-5-7-15(11-17)13-26)29-25(28-21)38-18-10-6-8-16(12-18)23(32)30(3)4/h5-12,14,19H,1-4H3,(H,33,34)(H,27,28,29). The zero-order chi connectivity index (χ0) is 28.0. The van der Waals surface area contributed by atoms with Gasteiger partial charge in [0, 0.05) is 19.7 Å². The first-order valence-electron chi connectivity index (χ1n) is 11.2. The normalized spacial score (nSPS) is 11.3. The summed E-state index contributed by atoms with van der Waals surface area (Å²) in [5.74, 6) is -2.80. The van der Waals surface area contributed by atoms with E-state index in [4.69, 9.17) is 9.47 Å². The number of carboxylic acids is 1. The van der Waals surface area contributed by atoms with Crippen molar-refractivity contribution in [1.82, 2.24) is 14.9 Å². The molecular formula is C25H24N6O7. The number of nitrogens with one attached hydrogen (secondary N) is 1. The van der Waals surface area contributed by atoms with Crippen molar-refractivity contribution >= 4 is 23.4 Å². The lowest BCUT2D eigenvalue weighted by Crippen LogP contribution is -2.35. The first-order valence-corrected chi connectivity index (χ1v) is 11.2. The van der Waals surface area contributed by atoms with Gasteiger partial charge in [-0.3, -0.25) is 14.9 Å². The van der Waals surface area contributed by atoms with Gasteiger partial charge < -0.3 is 24.8 Å². The molecule has 0 aliphatic heterocycles. The van der Waals surface area contributed by atoms with Crippen LogP contribution in [0, 0.1) is 27.4 Å². The molecule has 2 aromatic carbocycles. The number of aliphatic carboxylic acids is 1. The quantitative estimate of drug-likeness (QED) is 0.290. The molecule has 0 saturated heterocycles. The molecule has 1 atom stereocenters. The Morgan fingerprint density at radius 1 is 1.11 bits per heavy atom. The maximum absolute atomic E-state index is 12.3. The number of benzene rings is 2. The summed E-state index contributed by atoms with van der Waals surface area (Å²) in [6, 6.07) is 12.2. The Morgan fingerprint density at radius 2 is 1.76 bits per heavy atom. The summed E-state index contributed by atoms with van der Waals surface area (Å²) in [6.07, 6.45) is 0. The van der Waals surface area contributed by atoms with E-state index in [1.54, 1.807) is 40.1 Å². The van der Waals surface area contributed by atoms with Crippen LogP contribution >= 0.6 is 0 Å². The molecule has 0 aliphatic rings. The number of carbonyl (C=O) groups is 2. The fourth-order valence-corrected chi connectivity index (χ4v) is 3.25. The van der Waals surface area contributed by atoms with Gasteiger partial charge in [-0.05, 0) is 42.3 Å². The highest BCUT2D eigenvalue weighted by atomic mass is 16.6. The highest BCUT2D eigenvalue weighted by Crippen LogP contribution is 2.38. The number of nitrogens with zero attached hydrogens (tertiary/aromatic N) is 5. The third-order valence-electron chi connectivity index (χ3n) is 5.11. The van der Waals surface area contributed by atoms with Crippen molar-refractivity contribution in [3.05, 3.63) is 69.8 Å². The summed E-state index contributed by atoms with van der Waals surface area (Å²) in [6.45, 7) is 3.24. The number of carboxylic acid groups (broad SMARTS) is 1. The van der Waals surface area contributed by atoms with E-state index < -0.39 is 46.2 Å². The van der Waals surface area contributed by atoms with E-state index in [-0.39, 0.29) is 23.0 Å². The van der Waals surface area contributed by atoms with Crippen LogP contribution in [-0.4, -0.2) is 56.9 Å². The number of nitriles is 1.